The Labute approximate surface area is 108 Å². The summed E-state index contributed by atoms with van der Waals surface area (Å²) in [6, 6.07) is 0. The van der Waals surface area contributed by atoms with E-state index in [9.17, 15) is 24.6 Å². The predicted octanol–water partition coefficient (Wildman–Crippen LogP) is 0.0429. The number of quaternary nitrogens is 1. The van der Waals surface area contributed by atoms with Crippen LogP contribution in [0.1, 0.15) is 0 Å². The third-order valence-corrected chi connectivity index (χ3v) is 2.82. The van der Waals surface area contributed by atoms with Gasteiger partial charge < -0.3 is 13.5 Å². The van der Waals surface area contributed by atoms with E-state index in [1.807, 2.05) is 0 Å². The van der Waals surface area contributed by atoms with E-state index >= 15 is 0 Å². The van der Waals surface area contributed by atoms with E-state index in [0.717, 1.165) is 8.61 Å². The Kier molecular flexibility index (Phi) is 8.08. The molecule has 0 saturated heterocycles. The molecular formula is C7H19F2N3O4S2. The minimum absolute atomic E-state index is 1.05. The van der Waals surface area contributed by atoms with Crippen LogP contribution in [0.3, 0.4) is 0 Å². The van der Waals surface area contributed by atoms with Gasteiger partial charge in [-0.25, -0.2) is 16.8 Å². The average Bonchev–Trinajstić information content (AvgIpc) is 1.92. The number of hydrogen-bond donors (Lipinski definition) is 0. The van der Waals surface area contributed by atoms with Crippen molar-refractivity contribution >= 4 is 20.8 Å². The second-order valence-electron chi connectivity index (χ2n) is 4.72. The summed E-state index contributed by atoms with van der Waals surface area (Å²) < 4.78 is 61.1. The molecule has 0 aliphatic carbocycles. The van der Waals surface area contributed by atoms with E-state index in [4.69, 9.17) is 0 Å². The van der Waals surface area contributed by atoms with Gasteiger partial charge in [0.1, 0.15) is 0 Å². The summed E-state index contributed by atoms with van der Waals surface area (Å²) in [4.78, 5) is 2.21. The molecule has 0 aliphatic rings. The Balaban J connectivity index is 0. The number of nitrogens with zero attached hydrogens (tertiary/aromatic N) is 3. The second-order valence-corrected chi connectivity index (χ2v) is 6.96. The van der Waals surface area contributed by atoms with Crippen LogP contribution in [0.15, 0.2) is 0 Å². The van der Waals surface area contributed by atoms with Crippen molar-refractivity contribution in [1.82, 2.24) is 4.90 Å². The van der Waals surface area contributed by atoms with Crippen LogP contribution in [0.4, 0.5) is 7.77 Å². The maximum Gasteiger partial charge on any atom is 0.241 e. The lowest BCUT2D eigenvalue weighted by atomic mass is 10.5. The fourth-order valence-electron chi connectivity index (χ4n) is 0.606. The van der Waals surface area contributed by atoms with Gasteiger partial charge in [-0.3, -0.25) is 0 Å². The molecule has 0 radical (unpaired) electrons. The van der Waals surface area contributed by atoms with Crippen LogP contribution in [-0.2, 0) is 20.8 Å². The molecule has 0 aliphatic heterocycles. The number of rotatable bonds is 5. The molecule has 0 heterocycles. The molecule has 112 valence electrons. The summed E-state index contributed by atoms with van der Waals surface area (Å²) in [6.45, 7) is 2.39. The van der Waals surface area contributed by atoms with Crippen molar-refractivity contribution in [2.75, 3.05) is 48.3 Å². The fraction of sp³-hybridized carbons (Fsp3) is 1.00. The molecule has 11 heteroatoms. The zero-order chi connectivity index (χ0) is 15.2. The highest BCUT2D eigenvalue weighted by molar-refractivity contribution is 8.07. The predicted molar refractivity (Wildman–Crippen MR) is 64.9 cm³/mol. The summed E-state index contributed by atoms with van der Waals surface area (Å²) in [7, 11) is -0.391. The molecule has 0 saturated carbocycles. The van der Waals surface area contributed by atoms with Gasteiger partial charge in [-0.1, -0.05) is 0 Å². The van der Waals surface area contributed by atoms with Gasteiger partial charge in [0.25, 0.3) is 0 Å². The van der Waals surface area contributed by atoms with Crippen molar-refractivity contribution in [2.24, 2.45) is 0 Å². The third kappa shape index (κ3) is 24.7. The zero-order valence-electron chi connectivity index (χ0n) is 11.0. The normalized spacial score (nSPS) is 13.1. The first kappa shape index (κ1) is 20.0. The molecule has 0 bridgehead atoms. The van der Waals surface area contributed by atoms with Gasteiger partial charge in [0.05, 0.1) is 27.7 Å². The number of likely N-dealkylation sites (N-methyl/N-ethyl adjacent to an activating group) is 2. The summed E-state index contributed by atoms with van der Waals surface area (Å²) >= 11 is 0. The average molecular weight is 311 g/mol. The van der Waals surface area contributed by atoms with Crippen LogP contribution in [-0.4, -0.2) is 74.5 Å². The Morgan fingerprint density at radius 1 is 1.00 bits per heavy atom. The quantitative estimate of drug-likeness (QED) is 0.529. The molecule has 0 N–H and O–H groups in total. The van der Waals surface area contributed by atoms with Crippen LogP contribution in [0.5, 0.6) is 0 Å². The Morgan fingerprint density at radius 2 is 1.33 bits per heavy atom. The highest BCUT2D eigenvalue weighted by Crippen LogP contribution is 2.11. The molecule has 0 amide bonds. The van der Waals surface area contributed by atoms with E-state index in [2.05, 4.69) is 40.1 Å². The minimum atomic E-state index is -5.62. The highest BCUT2D eigenvalue weighted by Gasteiger charge is 2.05. The topological polar surface area (TPSA) is 85.6 Å². The van der Waals surface area contributed by atoms with Gasteiger partial charge in [-0.05, 0) is 14.1 Å². The Hall–Kier alpha value is -0.360. The number of hydrogen-bond acceptors (Lipinski definition) is 5. The van der Waals surface area contributed by atoms with Crippen molar-refractivity contribution in [2.45, 2.75) is 0 Å². The summed E-state index contributed by atoms with van der Waals surface area (Å²) in [5.74, 6) is 0. The van der Waals surface area contributed by atoms with E-state index in [1.54, 1.807) is 0 Å². The molecule has 0 spiro atoms. The molecule has 0 aromatic rings. The van der Waals surface area contributed by atoms with Gasteiger partial charge in [0.2, 0.25) is 20.8 Å². The molecule has 18 heavy (non-hydrogen) atoms. The van der Waals surface area contributed by atoms with Crippen LogP contribution in [0.2, 0.25) is 0 Å². The zero-order valence-corrected chi connectivity index (χ0v) is 12.6. The maximum absolute atomic E-state index is 11.1. The van der Waals surface area contributed by atoms with Crippen molar-refractivity contribution < 1.29 is 29.1 Å². The molecule has 0 unspecified atom stereocenters. The molecule has 0 rings (SSSR count). The summed E-state index contributed by atoms with van der Waals surface area (Å²) in [6.07, 6.45) is 0. The smallest absolute Gasteiger partial charge is 0.241 e. The lowest BCUT2D eigenvalue weighted by Crippen LogP contribution is -2.40. The van der Waals surface area contributed by atoms with Crippen LogP contribution in [0, 0.1) is 0 Å². The molecule has 7 nitrogen and oxygen atoms in total. The van der Waals surface area contributed by atoms with E-state index in [0.29, 0.717) is 0 Å². The first-order valence-electron chi connectivity index (χ1n) is 4.71. The molecule has 0 aromatic heterocycles. The minimum Gasteiger partial charge on any atom is -0.379 e. The van der Waals surface area contributed by atoms with Crippen molar-refractivity contribution in [3.63, 3.8) is 0 Å². The van der Waals surface area contributed by atoms with Crippen molar-refractivity contribution in [1.29, 1.82) is 0 Å². The molecule has 0 aromatic carbocycles. The Bertz CT molecular complexity index is 398. The molecule has 0 atom stereocenters. The first-order valence-corrected chi connectivity index (χ1v) is 7.39. The first-order chi connectivity index (χ1) is 7.62. The second kappa shape index (κ2) is 7.28. The van der Waals surface area contributed by atoms with Crippen LogP contribution >= 0.6 is 0 Å². The van der Waals surface area contributed by atoms with Gasteiger partial charge >= 0.3 is 0 Å². The van der Waals surface area contributed by atoms with Crippen LogP contribution in [0.25, 0.3) is 4.13 Å². The third-order valence-electron chi connectivity index (χ3n) is 1.40. The lowest BCUT2D eigenvalue weighted by Gasteiger charge is -2.25. The summed E-state index contributed by atoms with van der Waals surface area (Å²) in [5, 5.41) is 0. The highest BCUT2D eigenvalue weighted by atomic mass is 32.3. The van der Waals surface area contributed by atoms with Gasteiger partial charge in [0.15, 0.2) is 0 Å². The number of halogens is 2. The monoisotopic (exact) mass is 311 g/mol. The lowest BCUT2D eigenvalue weighted by molar-refractivity contribution is -0.869. The summed E-state index contributed by atoms with van der Waals surface area (Å²) in [5.41, 5.74) is 0. The van der Waals surface area contributed by atoms with Gasteiger partial charge in [-0.2, -0.15) is 0 Å². The van der Waals surface area contributed by atoms with Crippen LogP contribution < -0.4 is 0 Å². The molecular weight excluding hydrogens is 292 g/mol. The largest absolute Gasteiger partial charge is 0.379 e. The van der Waals surface area contributed by atoms with Crippen molar-refractivity contribution in [3.8, 4) is 0 Å². The molecule has 0 fully saturated rings. The van der Waals surface area contributed by atoms with Gasteiger partial charge in [0, 0.05) is 6.54 Å². The standard InChI is InChI=1S/C7H19N2.F2NO4S2/c1-8(2)6-7-9(3,4)5;1-8(4,5)3-9(2,6)7/h6-7H2,1-5H3;/q+1;-1. The van der Waals surface area contributed by atoms with E-state index in [1.165, 1.54) is 13.1 Å². The Morgan fingerprint density at radius 3 is 1.39 bits per heavy atom. The van der Waals surface area contributed by atoms with Gasteiger partial charge in [-0.15, -0.1) is 7.77 Å². The maximum atomic E-state index is 11.1. The van der Waals surface area contributed by atoms with E-state index in [-0.39, 0.29) is 0 Å². The van der Waals surface area contributed by atoms with Crippen molar-refractivity contribution in [3.05, 3.63) is 4.13 Å². The van der Waals surface area contributed by atoms with E-state index < -0.39 is 20.8 Å². The fourth-order valence-corrected chi connectivity index (χ4v) is 1.46. The SMILES string of the molecule is CN(C)CC[N+](C)(C)C.O=S(=O)(F)[N-]S(=O)(=O)F.